The van der Waals surface area contributed by atoms with Gasteiger partial charge in [-0.25, -0.2) is 0 Å². The number of hydrogen-bond acceptors (Lipinski definition) is 6. The number of halogens is 1. The quantitative estimate of drug-likeness (QED) is 0.386. The van der Waals surface area contributed by atoms with Crippen molar-refractivity contribution in [2.24, 2.45) is 10.8 Å². The molecule has 4 aliphatic rings. The first kappa shape index (κ1) is 26.0. The molecule has 2 aromatic rings. The largest absolute Gasteiger partial charge is 0.374 e. The number of aromatic amines is 1. The van der Waals surface area contributed by atoms with Gasteiger partial charge in [0.25, 0.3) is 17.5 Å². The number of nitro groups is 1. The highest BCUT2D eigenvalue weighted by Gasteiger charge is 2.56. The summed E-state index contributed by atoms with van der Waals surface area (Å²) in [6, 6.07) is 5.80. The zero-order valence-electron chi connectivity index (χ0n) is 21.9. The van der Waals surface area contributed by atoms with Crippen LogP contribution >= 0.6 is 15.9 Å². The number of aromatic nitrogens is 1. The lowest BCUT2D eigenvalue weighted by Gasteiger charge is -2.48. The SMILES string of the molecule is Cc1cc(C(=O)N2C[C@H](Nc3c(C(=O)N4CCC5(CCC5)CC4)cc(Br)cc3[N+](=O)[O-])C3(CC3)C2)cc(=O)[nH]1. The molecule has 1 atom stereocenters. The molecule has 11 heteroatoms. The fraction of sp³-hybridized carbons (Fsp3) is 0.536. The molecule has 206 valence electrons. The summed E-state index contributed by atoms with van der Waals surface area (Å²) < 4.78 is 0.476. The molecule has 2 spiro atoms. The first-order valence-corrected chi connectivity index (χ1v) is 14.4. The fourth-order valence-corrected chi connectivity index (χ4v) is 7.19. The Morgan fingerprint density at radius 2 is 1.77 bits per heavy atom. The molecule has 2 amide bonds. The maximum atomic E-state index is 13.8. The second kappa shape index (κ2) is 9.46. The Labute approximate surface area is 234 Å². The van der Waals surface area contributed by atoms with E-state index in [1.54, 1.807) is 24.0 Å². The summed E-state index contributed by atoms with van der Waals surface area (Å²) in [5.74, 6) is -0.439. The molecule has 39 heavy (non-hydrogen) atoms. The lowest BCUT2D eigenvalue weighted by Crippen LogP contribution is -2.46. The molecule has 2 aliphatic heterocycles. The van der Waals surface area contributed by atoms with Crippen LogP contribution in [0.25, 0.3) is 0 Å². The molecule has 3 heterocycles. The average Bonchev–Trinajstić information content (AvgIpc) is 3.57. The Kier molecular flexibility index (Phi) is 6.32. The van der Waals surface area contributed by atoms with Crippen molar-refractivity contribution in [2.45, 2.75) is 57.9 Å². The predicted molar refractivity (Wildman–Crippen MR) is 149 cm³/mol. The molecule has 2 aliphatic carbocycles. The van der Waals surface area contributed by atoms with Crippen molar-refractivity contribution in [3.63, 3.8) is 0 Å². The van der Waals surface area contributed by atoms with Crippen molar-refractivity contribution < 1.29 is 14.5 Å². The lowest BCUT2D eigenvalue weighted by atomic mass is 9.63. The highest BCUT2D eigenvalue weighted by atomic mass is 79.9. The Morgan fingerprint density at radius 3 is 2.36 bits per heavy atom. The molecule has 0 radical (unpaired) electrons. The third-order valence-corrected chi connectivity index (χ3v) is 9.86. The van der Waals surface area contributed by atoms with Crippen LogP contribution in [0.15, 0.2) is 33.5 Å². The summed E-state index contributed by atoms with van der Waals surface area (Å²) in [6.45, 7) is 3.87. The van der Waals surface area contributed by atoms with Gasteiger partial charge in [-0.05, 0) is 63.0 Å². The van der Waals surface area contributed by atoms with Gasteiger partial charge in [0.05, 0.1) is 16.5 Å². The third kappa shape index (κ3) is 4.74. The fourth-order valence-electron chi connectivity index (χ4n) is 6.74. The molecule has 2 N–H and O–H groups in total. The molecule has 0 unspecified atom stereocenters. The summed E-state index contributed by atoms with van der Waals surface area (Å²) in [6.07, 6.45) is 7.41. The number of hydrogen-bond donors (Lipinski definition) is 2. The number of aryl methyl sites for hydroxylation is 1. The Morgan fingerprint density at radius 1 is 1.05 bits per heavy atom. The van der Waals surface area contributed by atoms with E-state index < -0.39 is 4.92 Å². The first-order chi connectivity index (χ1) is 18.6. The standard InChI is InChI=1S/C28H32BrN5O5/c1-17-11-18(12-23(35)30-17)25(36)33-15-22(28(16-33)5-6-28)31-24-20(13-19(29)14-21(24)34(38)39)26(37)32-9-7-27(8-10-32)3-2-4-27/h11-14,22,31H,2-10,15-16H2,1H3,(H,30,35)/t22-/m0/s1. The highest BCUT2D eigenvalue weighted by molar-refractivity contribution is 9.10. The van der Waals surface area contributed by atoms with Crippen molar-refractivity contribution in [3.05, 3.63) is 66.0 Å². The number of nitrogens with one attached hydrogen (secondary N) is 2. The number of anilines is 1. The minimum atomic E-state index is -0.458. The van der Waals surface area contributed by atoms with E-state index in [1.165, 1.54) is 31.4 Å². The van der Waals surface area contributed by atoms with Crippen molar-refractivity contribution in [1.29, 1.82) is 0 Å². The van der Waals surface area contributed by atoms with E-state index in [1.807, 2.05) is 4.90 Å². The molecule has 2 saturated carbocycles. The van der Waals surface area contributed by atoms with Gasteiger partial charge in [-0.15, -0.1) is 0 Å². The molecule has 2 saturated heterocycles. The summed E-state index contributed by atoms with van der Waals surface area (Å²) in [5.41, 5.74) is 1.11. The summed E-state index contributed by atoms with van der Waals surface area (Å²) in [7, 11) is 0. The van der Waals surface area contributed by atoms with Gasteiger partial charge in [0.1, 0.15) is 5.69 Å². The number of carbonyl (C=O) groups is 2. The van der Waals surface area contributed by atoms with Gasteiger partial charge in [-0.3, -0.25) is 24.5 Å². The Bertz CT molecular complexity index is 1420. The van der Waals surface area contributed by atoms with Gasteiger partial charge in [-0.1, -0.05) is 22.4 Å². The number of amides is 2. The number of nitrogens with zero attached hydrogens (tertiary/aromatic N) is 3. The maximum Gasteiger partial charge on any atom is 0.294 e. The van der Waals surface area contributed by atoms with Crippen LogP contribution in [0.4, 0.5) is 11.4 Å². The minimum Gasteiger partial charge on any atom is -0.374 e. The van der Waals surface area contributed by atoms with Gasteiger partial charge < -0.3 is 20.1 Å². The first-order valence-electron chi connectivity index (χ1n) is 13.6. The monoisotopic (exact) mass is 597 g/mol. The third-order valence-electron chi connectivity index (χ3n) is 9.41. The number of nitro benzene ring substituents is 1. The minimum absolute atomic E-state index is 0.161. The van der Waals surface area contributed by atoms with E-state index in [4.69, 9.17) is 0 Å². The molecule has 0 bridgehead atoms. The van der Waals surface area contributed by atoms with E-state index >= 15 is 0 Å². The van der Waals surface area contributed by atoms with E-state index in [0.29, 0.717) is 47.3 Å². The van der Waals surface area contributed by atoms with Crippen LogP contribution in [0, 0.1) is 27.9 Å². The van der Waals surface area contributed by atoms with E-state index in [2.05, 4.69) is 26.2 Å². The Hall–Kier alpha value is -3.21. The topological polar surface area (TPSA) is 129 Å². The number of pyridine rings is 1. The highest BCUT2D eigenvalue weighted by Crippen LogP contribution is 2.54. The number of benzene rings is 1. The second-order valence-electron chi connectivity index (χ2n) is 11.9. The van der Waals surface area contributed by atoms with Gasteiger partial charge >= 0.3 is 0 Å². The predicted octanol–water partition coefficient (Wildman–Crippen LogP) is 4.48. The number of rotatable bonds is 5. The summed E-state index contributed by atoms with van der Waals surface area (Å²) in [4.78, 5) is 56.9. The van der Waals surface area contributed by atoms with Crippen LogP contribution in [0.3, 0.4) is 0 Å². The van der Waals surface area contributed by atoms with E-state index in [0.717, 1.165) is 25.7 Å². The lowest BCUT2D eigenvalue weighted by molar-refractivity contribution is -0.384. The second-order valence-corrected chi connectivity index (χ2v) is 12.8. The molecular formula is C28H32BrN5O5. The van der Waals surface area contributed by atoms with Crippen molar-refractivity contribution >= 4 is 39.1 Å². The number of H-pyrrole nitrogens is 1. The van der Waals surface area contributed by atoms with E-state index in [-0.39, 0.29) is 45.8 Å². The van der Waals surface area contributed by atoms with Gasteiger partial charge in [0.2, 0.25) is 5.56 Å². The maximum absolute atomic E-state index is 13.8. The number of likely N-dealkylation sites (tertiary alicyclic amines) is 2. The van der Waals surface area contributed by atoms with Crippen LogP contribution in [0.1, 0.15) is 71.4 Å². The van der Waals surface area contributed by atoms with Crippen molar-refractivity contribution in [3.8, 4) is 0 Å². The molecular weight excluding hydrogens is 566 g/mol. The number of carbonyl (C=O) groups excluding carboxylic acids is 2. The normalized spacial score (nSPS) is 22.6. The molecule has 10 nitrogen and oxygen atoms in total. The van der Waals surface area contributed by atoms with Gasteiger partial charge in [0, 0.05) is 59.5 Å². The van der Waals surface area contributed by atoms with Crippen LogP contribution in [-0.4, -0.2) is 63.7 Å². The molecule has 1 aromatic carbocycles. The van der Waals surface area contributed by atoms with Crippen LogP contribution in [0.2, 0.25) is 0 Å². The van der Waals surface area contributed by atoms with Crippen molar-refractivity contribution in [2.75, 3.05) is 31.5 Å². The molecule has 1 aromatic heterocycles. The number of piperidine rings is 1. The van der Waals surface area contributed by atoms with E-state index in [9.17, 15) is 24.5 Å². The van der Waals surface area contributed by atoms with Crippen molar-refractivity contribution in [1.82, 2.24) is 14.8 Å². The average molecular weight is 598 g/mol. The Balaban J connectivity index is 1.28. The van der Waals surface area contributed by atoms with Gasteiger partial charge in [0.15, 0.2) is 0 Å². The zero-order valence-corrected chi connectivity index (χ0v) is 23.5. The summed E-state index contributed by atoms with van der Waals surface area (Å²) in [5, 5.41) is 15.5. The smallest absolute Gasteiger partial charge is 0.294 e. The van der Waals surface area contributed by atoms with Gasteiger partial charge in [-0.2, -0.15) is 0 Å². The molecule has 6 rings (SSSR count). The van der Waals surface area contributed by atoms with Crippen LogP contribution in [0.5, 0.6) is 0 Å². The van der Waals surface area contributed by atoms with Crippen LogP contribution in [-0.2, 0) is 0 Å². The zero-order chi connectivity index (χ0) is 27.5. The van der Waals surface area contributed by atoms with Crippen LogP contribution < -0.4 is 10.9 Å². The summed E-state index contributed by atoms with van der Waals surface area (Å²) >= 11 is 3.38. The molecule has 4 fully saturated rings.